The van der Waals surface area contributed by atoms with Crippen LogP contribution in [0.15, 0.2) is 18.3 Å². The van der Waals surface area contributed by atoms with Crippen LogP contribution < -0.4 is 21.1 Å². The van der Waals surface area contributed by atoms with Crippen molar-refractivity contribution >= 4 is 11.9 Å². The SMILES string of the molecule is COc1ccc(CNC(=O)[C@H](CC(C)C)NC(N)=O)cn1. The highest BCUT2D eigenvalue weighted by molar-refractivity contribution is 5.86. The van der Waals surface area contributed by atoms with Gasteiger partial charge in [0.15, 0.2) is 0 Å². The third kappa shape index (κ3) is 6.11. The molecular formula is C14H22N4O3. The summed E-state index contributed by atoms with van der Waals surface area (Å²) in [4.78, 5) is 27.1. The molecule has 1 aromatic heterocycles. The van der Waals surface area contributed by atoms with Crippen molar-refractivity contribution in [3.63, 3.8) is 0 Å². The van der Waals surface area contributed by atoms with Gasteiger partial charge in [-0.1, -0.05) is 19.9 Å². The molecule has 0 aliphatic carbocycles. The monoisotopic (exact) mass is 294 g/mol. The van der Waals surface area contributed by atoms with Crippen LogP contribution in [0.1, 0.15) is 25.8 Å². The van der Waals surface area contributed by atoms with Crippen LogP contribution in [0, 0.1) is 5.92 Å². The Kier molecular flexibility index (Phi) is 6.45. The van der Waals surface area contributed by atoms with Gasteiger partial charge in [0.25, 0.3) is 0 Å². The number of hydrogen-bond donors (Lipinski definition) is 3. The number of nitrogens with two attached hydrogens (primary N) is 1. The van der Waals surface area contributed by atoms with Crippen LogP contribution in [-0.2, 0) is 11.3 Å². The second-order valence-corrected chi connectivity index (χ2v) is 5.12. The van der Waals surface area contributed by atoms with E-state index in [1.807, 2.05) is 19.9 Å². The van der Waals surface area contributed by atoms with Crippen LogP contribution in [0.25, 0.3) is 0 Å². The summed E-state index contributed by atoms with van der Waals surface area (Å²) in [7, 11) is 1.54. The van der Waals surface area contributed by atoms with Gasteiger partial charge in [-0.2, -0.15) is 0 Å². The Balaban J connectivity index is 2.57. The quantitative estimate of drug-likeness (QED) is 0.691. The van der Waals surface area contributed by atoms with Crippen molar-refractivity contribution in [1.29, 1.82) is 0 Å². The van der Waals surface area contributed by atoms with Crippen LogP contribution in [0.5, 0.6) is 5.88 Å². The van der Waals surface area contributed by atoms with E-state index in [1.165, 1.54) is 7.11 Å². The summed E-state index contributed by atoms with van der Waals surface area (Å²) >= 11 is 0. The van der Waals surface area contributed by atoms with Gasteiger partial charge in [0.2, 0.25) is 11.8 Å². The van der Waals surface area contributed by atoms with E-state index in [9.17, 15) is 9.59 Å². The van der Waals surface area contributed by atoms with E-state index >= 15 is 0 Å². The number of rotatable bonds is 7. The van der Waals surface area contributed by atoms with E-state index in [0.717, 1.165) is 5.56 Å². The lowest BCUT2D eigenvalue weighted by Crippen LogP contribution is -2.49. The van der Waals surface area contributed by atoms with Crippen LogP contribution >= 0.6 is 0 Å². The molecule has 21 heavy (non-hydrogen) atoms. The molecule has 1 atom stereocenters. The zero-order valence-electron chi connectivity index (χ0n) is 12.6. The van der Waals surface area contributed by atoms with E-state index in [0.29, 0.717) is 18.8 Å². The molecule has 1 heterocycles. The molecule has 0 radical (unpaired) electrons. The average molecular weight is 294 g/mol. The second kappa shape index (κ2) is 8.08. The van der Waals surface area contributed by atoms with Crippen LogP contribution in [0.2, 0.25) is 0 Å². The van der Waals surface area contributed by atoms with Gasteiger partial charge < -0.3 is 21.1 Å². The van der Waals surface area contributed by atoms with Crippen molar-refractivity contribution < 1.29 is 14.3 Å². The highest BCUT2D eigenvalue weighted by atomic mass is 16.5. The average Bonchev–Trinajstić information content (AvgIpc) is 2.43. The molecular weight excluding hydrogens is 272 g/mol. The normalized spacial score (nSPS) is 11.8. The number of primary amides is 1. The first-order valence-corrected chi connectivity index (χ1v) is 6.75. The molecule has 0 aliphatic rings. The van der Waals surface area contributed by atoms with Crippen molar-refractivity contribution in [2.24, 2.45) is 11.7 Å². The maximum atomic E-state index is 12.1. The zero-order chi connectivity index (χ0) is 15.8. The molecule has 4 N–H and O–H groups in total. The second-order valence-electron chi connectivity index (χ2n) is 5.12. The number of nitrogens with one attached hydrogen (secondary N) is 2. The van der Waals surface area contributed by atoms with Gasteiger partial charge in [-0.3, -0.25) is 4.79 Å². The number of carbonyl (C=O) groups excluding carboxylic acids is 2. The van der Waals surface area contributed by atoms with E-state index < -0.39 is 12.1 Å². The van der Waals surface area contributed by atoms with Crippen molar-refractivity contribution in [3.05, 3.63) is 23.9 Å². The lowest BCUT2D eigenvalue weighted by Gasteiger charge is -2.19. The van der Waals surface area contributed by atoms with E-state index in [2.05, 4.69) is 15.6 Å². The summed E-state index contributed by atoms with van der Waals surface area (Å²) in [6.45, 7) is 4.26. The van der Waals surface area contributed by atoms with Crippen molar-refractivity contribution in [2.75, 3.05) is 7.11 Å². The third-order valence-corrected chi connectivity index (χ3v) is 2.81. The van der Waals surface area contributed by atoms with Gasteiger partial charge in [0, 0.05) is 18.8 Å². The molecule has 0 fully saturated rings. The summed E-state index contributed by atoms with van der Waals surface area (Å²) in [5.41, 5.74) is 5.93. The fraction of sp³-hybridized carbons (Fsp3) is 0.500. The van der Waals surface area contributed by atoms with Crippen molar-refractivity contribution in [1.82, 2.24) is 15.6 Å². The first-order chi connectivity index (χ1) is 9.92. The molecule has 7 heteroatoms. The Hall–Kier alpha value is -2.31. The van der Waals surface area contributed by atoms with Gasteiger partial charge >= 0.3 is 6.03 Å². The van der Waals surface area contributed by atoms with Gasteiger partial charge in [-0.05, 0) is 17.9 Å². The number of amides is 3. The smallest absolute Gasteiger partial charge is 0.312 e. The maximum absolute atomic E-state index is 12.1. The van der Waals surface area contributed by atoms with Crippen LogP contribution in [0.3, 0.4) is 0 Å². The Morgan fingerprint density at radius 2 is 2.10 bits per heavy atom. The number of urea groups is 1. The summed E-state index contributed by atoms with van der Waals surface area (Å²) < 4.78 is 4.96. The maximum Gasteiger partial charge on any atom is 0.312 e. The van der Waals surface area contributed by atoms with Crippen molar-refractivity contribution in [3.8, 4) is 5.88 Å². The fourth-order valence-electron chi connectivity index (χ4n) is 1.82. The van der Waals surface area contributed by atoms with Gasteiger partial charge in [0.05, 0.1) is 7.11 Å². The van der Waals surface area contributed by atoms with Crippen molar-refractivity contribution in [2.45, 2.75) is 32.9 Å². The molecule has 1 rings (SSSR count). The summed E-state index contributed by atoms with van der Waals surface area (Å²) in [5, 5.41) is 5.21. The minimum absolute atomic E-state index is 0.259. The Bertz CT molecular complexity index is 474. The molecule has 0 spiro atoms. The lowest BCUT2D eigenvalue weighted by atomic mass is 10.0. The first kappa shape index (κ1) is 16.7. The first-order valence-electron chi connectivity index (χ1n) is 6.75. The molecule has 0 unspecified atom stereocenters. The van der Waals surface area contributed by atoms with E-state index in [-0.39, 0.29) is 11.8 Å². The number of pyridine rings is 1. The van der Waals surface area contributed by atoms with Crippen LogP contribution in [0.4, 0.5) is 4.79 Å². The molecule has 0 saturated heterocycles. The summed E-state index contributed by atoms with van der Waals surface area (Å²) in [6, 6.07) is 2.19. The number of carbonyl (C=O) groups is 2. The topological polar surface area (TPSA) is 106 Å². The minimum atomic E-state index is -0.707. The van der Waals surface area contributed by atoms with Gasteiger partial charge in [-0.15, -0.1) is 0 Å². The van der Waals surface area contributed by atoms with Gasteiger partial charge in [-0.25, -0.2) is 9.78 Å². The molecule has 0 saturated carbocycles. The molecule has 0 bridgehead atoms. The number of aromatic nitrogens is 1. The Morgan fingerprint density at radius 1 is 1.38 bits per heavy atom. The molecule has 0 aromatic carbocycles. The van der Waals surface area contributed by atoms with Crippen LogP contribution in [-0.4, -0.2) is 30.1 Å². The number of nitrogens with zero attached hydrogens (tertiary/aromatic N) is 1. The Morgan fingerprint density at radius 3 is 2.57 bits per heavy atom. The number of ether oxygens (including phenoxy) is 1. The molecule has 116 valence electrons. The van der Waals surface area contributed by atoms with Gasteiger partial charge in [0.1, 0.15) is 6.04 Å². The zero-order valence-corrected chi connectivity index (χ0v) is 12.6. The highest BCUT2D eigenvalue weighted by Crippen LogP contribution is 2.08. The highest BCUT2D eigenvalue weighted by Gasteiger charge is 2.20. The third-order valence-electron chi connectivity index (χ3n) is 2.81. The van der Waals surface area contributed by atoms with E-state index in [4.69, 9.17) is 10.5 Å². The summed E-state index contributed by atoms with van der Waals surface area (Å²) in [6.07, 6.45) is 2.15. The molecule has 1 aromatic rings. The summed E-state index contributed by atoms with van der Waals surface area (Å²) in [5.74, 6) is 0.506. The predicted octanol–water partition coefficient (Wildman–Crippen LogP) is 0.789. The standard InChI is InChI=1S/C14H22N4O3/c1-9(2)6-11(18-14(15)20)13(19)17-8-10-4-5-12(21-3)16-7-10/h4-5,7,9,11H,6,8H2,1-3H3,(H,17,19)(H3,15,18,20)/t11-/m0/s1. The van der Waals surface area contributed by atoms with E-state index in [1.54, 1.807) is 12.3 Å². The number of hydrogen-bond acceptors (Lipinski definition) is 4. The lowest BCUT2D eigenvalue weighted by molar-refractivity contribution is -0.123. The Labute approximate surface area is 124 Å². The molecule has 0 aliphatic heterocycles. The number of methoxy groups -OCH3 is 1. The predicted molar refractivity (Wildman–Crippen MR) is 78.6 cm³/mol. The molecule has 3 amide bonds. The fourth-order valence-corrected chi connectivity index (χ4v) is 1.82. The minimum Gasteiger partial charge on any atom is -0.481 e. The molecule has 7 nitrogen and oxygen atoms in total. The largest absolute Gasteiger partial charge is 0.481 e.